The van der Waals surface area contributed by atoms with Crippen LogP contribution in [0.25, 0.3) is 0 Å². The molecule has 0 spiro atoms. The zero-order valence-electron chi connectivity index (χ0n) is 11.5. The van der Waals surface area contributed by atoms with E-state index in [1.807, 2.05) is 0 Å². The number of hydrogen-bond donors (Lipinski definition) is 0. The van der Waals surface area contributed by atoms with E-state index in [-0.39, 0.29) is 0 Å². The minimum absolute atomic E-state index is 0.395. The van der Waals surface area contributed by atoms with Gasteiger partial charge in [-0.05, 0) is 24.2 Å². The van der Waals surface area contributed by atoms with Gasteiger partial charge in [0, 0.05) is 24.6 Å². The van der Waals surface area contributed by atoms with E-state index in [0.29, 0.717) is 5.92 Å². The summed E-state index contributed by atoms with van der Waals surface area (Å²) in [6, 6.07) is 17.1. The van der Waals surface area contributed by atoms with E-state index >= 15 is 0 Å². The van der Waals surface area contributed by atoms with E-state index in [4.69, 9.17) is 4.74 Å². The maximum absolute atomic E-state index is 5.58. The summed E-state index contributed by atoms with van der Waals surface area (Å²) in [6.45, 7) is 2.03. The molecular formula is C17H19NO. The van der Waals surface area contributed by atoms with Gasteiger partial charge in [0.05, 0.1) is 7.11 Å². The summed E-state index contributed by atoms with van der Waals surface area (Å²) < 4.78 is 5.58. The molecule has 0 radical (unpaired) electrons. The van der Waals surface area contributed by atoms with E-state index in [0.717, 1.165) is 18.8 Å². The molecule has 19 heavy (non-hydrogen) atoms. The molecule has 1 heterocycles. The minimum Gasteiger partial charge on any atom is -0.496 e. The summed E-state index contributed by atoms with van der Waals surface area (Å²) >= 11 is 0. The molecule has 2 nitrogen and oxygen atoms in total. The van der Waals surface area contributed by atoms with Crippen molar-refractivity contribution in [2.24, 2.45) is 0 Å². The van der Waals surface area contributed by atoms with Crippen molar-refractivity contribution in [1.82, 2.24) is 4.90 Å². The zero-order chi connectivity index (χ0) is 13.2. The zero-order valence-corrected chi connectivity index (χ0v) is 11.5. The predicted molar refractivity (Wildman–Crippen MR) is 77.6 cm³/mol. The van der Waals surface area contributed by atoms with E-state index in [2.05, 4.69) is 60.5 Å². The van der Waals surface area contributed by atoms with Crippen LogP contribution in [0.4, 0.5) is 0 Å². The summed E-state index contributed by atoms with van der Waals surface area (Å²) in [5.74, 6) is 1.41. The normalized spacial score (nSPS) is 18.9. The van der Waals surface area contributed by atoms with Gasteiger partial charge in [-0.25, -0.2) is 0 Å². The van der Waals surface area contributed by atoms with Crippen molar-refractivity contribution in [2.75, 3.05) is 20.7 Å². The fraction of sp³-hybridized carbons (Fsp3) is 0.294. The Morgan fingerprint density at radius 1 is 1.05 bits per heavy atom. The number of likely N-dealkylation sites (N-methyl/N-ethyl adjacent to an activating group) is 1. The van der Waals surface area contributed by atoms with Crippen LogP contribution in [0.5, 0.6) is 5.75 Å². The molecule has 0 N–H and O–H groups in total. The number of nitrogens with zero attached hydrogens (tertiary/aromatic N) is 1. The molecule has 2 aromatic carbocycles. The highest BCUT2D eigenvalue weighted by atomic mass is 16.5. The molecule has 0 saturated heterocycles. The topological polar surface area (TPSA) is 12.5 Å². The average Bonchev–Trinajstić information content (AvgIpc) is 2.46. The Kier molecular flexibility index (Phi) is 3.26. The first kappa shape index (κ1) is 12.2. The largest absolute Gasteiger partial charge is 0.496 e. The van der Waals surface area contributed by atoms with E-state index in [9.17, 15) is 0 Å². The fourth-order valence-corrected chi connectivity index (χ4v) is 3.02. The molecule has 0 aromatic heterocycles. The Morgan fingerprint density at radius 2 is 1.84 bits per heavy atom. The maximum atomic E-state index is 5.58. The molecule has 0 saturated carbocycles. The lowest BCUT2D eigenvalue weighted by atomic mass is 9.84. The van der Waals surface area contributed by atoms with Crippen molar-refractivity contribution in [3.8, 4) is 5.75 Å². The van der Waals surface area contributed by atoms with Crippen LogP contribution in [0.2, 0.25) is 0 Å². The van der Waals surface area contributed by atoms with Crippen molar-refractivity contribution in [1.29, 1.82) is 0 Å². The highest BCUT2D eigenvalue weighted by molar-refractivity contribution is 5.48. The van der Waals surface area contributed by atoms with Gasteiger partial charge in [0.25, 0.3) is 0 Å². The molecular weight excluding hydrogens is 234 g/mol. The summed E-state index contributed by atoms with van der Waals surface area (Å²) in [5.41, 5.74) is 4.09. The standard InChI is InChI=1S/C17H19NO/c1-18-11-14-9-6-10-16(19-2)17(14)15(12-18)13-7-4-3-5-8-13/h3-10,15H,11-12H2,1-2H3/t15-/m0/s1. The Balaban J connectivity index is 2.13. The molecule has 3 rings (SSSR count). The van der Waals surface area contributed by atoms with Gasteiger partial charge in [-0.2, -0.15) is 0 Å². The van der Waals surface area contributed by atoms with Crippen LogP contribution in [0.15, 0.2) is 48.5 Å². The van der Waals surface area contributed by atoms with Crippen molar-refractivity contribution in [3.05, 3.63) is 65.2 Å². The third-order valence-corrected chi connectivity index (χ3v) is 3.86. The molecule has 2 aromatic rings. The monoisotopic (exact) mass is 253 g/mol. The second-order valence-electron chi connectivity index (χ2n) is 5.19. The Bertz CT molecular complexity index is 565. The number of fused-ring (bicyclic) bond motifs is 1. The average molecular weight is 253 g/mol. The highest BCUT2D eigenvalue weighted by Gasteiger charge is 2.27. The molecule has 0 fully saturated rings. The van der Waals surface area contributed by atoms with Crippen LogP contribution < -0.4 is 4.74 Å². The van der Waals surface area contributed by atoms with Crippen LogP contribution in [0, 0.1) is 0 Å². The first-order valence-corrected chi connectivity index (χ1v) is 6.69. The van der Waals surface area contributed by atoms with Gasteiger partial charge in [-0.3, -0.25) is 0 Å². The minimum atomic E-state index is 0.395. The highest BCUT2D eigenvalue weighted by Crippen LogP contribution is 2.38. The van der Waals surface area contributed by atoms with Gasteiger partial charge >= 0.3 is 0 Å². The first-order chi connectivity index (χ1) is 9.29. The van der Waals surface area contributed by atoms with E-state index in [1.165, 1.54) is 16.7 Å². The van der Waals surface area contributed by atoms with Crippen LogP contribution in [0.1, 0.15) is 22.6 Å². The van der Waals surface area contributed by atoms with Crippen molar-refractivity contribution in [2.45, 2.75) is 12.5 Å². The SMILES string of the molecule is COc1cccc2c1[C@H](c1ccccc1)CN(C)C2. The summed E-state index contributed by atoms with van der Waals surface area (Å²) in [6.07, 6.45) is 0. The third kappa shape index (κ3) is 2.24. The molecule has 1 atom stereocenters. The number of benzene rings is 2. The Labute approximate surface area is 114 Å². The molecule has 0 unspecified atom stereocenters. The van der Waals surface area contributed by atoms with Crippen LogP contribution in [-0.4, -0.2) is 25.6 Å². The molecule has 0 amide bonds. The second kappa shape index (κ2) is 5.06. The molecule has 2 heteroatoms. The van der Waals surface area contributed by atoms with Crippen LogP contribution in [0.3, 0.4) is 0 Å². The van der Waals surface area contributed by atoms with Crippen LogP contribution >= 0.6 is 0 Å². The Morgan fingerprint density at radius 3 is 2.58 bits per heavy atom. The summed E-state index contributed by atoms with van der Waals surface area (Å²) in [4.78, 5) is 2.37. The lowest BCUT2D eigenvalue weighted by Gasteiger charge is -2.33. The Hall–Kier alpha value is -1.80. The van der Waals surface area contributed by atoms with Gasteiger partial charge in [0.2, 0.25) is 0 Å². The van der Waals surface area contributed by atoms with Gasteiger partial charge in [-0.15, -0.1) is 0 Å². The summed E-state index contributed by atoms with van der Waals surface area (Å²) in [7, 11) is 3.94. The smallest absolute Gasteiger partial charge is 0.123 e. The van der Waals surface area contributed by atoms with Crippen molar-refractivity contribution < 1.29 is 4.74 Å². The van der Waals surface area contributed by atoms with Crippen LogP contribution in [-0.2, 0) is 6.54 Å². The third-order valence-electron chi connectivity index (χ3n) is 3.86. The first-order valence-electron chi connectivity index (χ1n) is 6.69. The predicted octanol–water partition coefficient (Wildman–Crippen LogP) is 3.27. The molecule has 1 aliphatic rings. The maximum Gasteiger partial charge on any atom is 0.123 e. The lowest BCUT2D eigenvalue weighted by Crippen LogP contribution is -2.31. The second-order valence-corrected chi connectivity index (χ2v) is 5.19. The molecule has 0 bridgehead atoms. The van der Waals surface area contributed by atoms with Gasteiger partial charge in [0.1, 0.15) is 5.75 Å². The number of ether oxygens (including phenoxy) is 1. The molecule has 0 aliphatic carbocycles. The number of rotatable bonds is 2. The molecule has 1 aliphatic heterocycles. The van der Waals surface area contributed by atoms with Gasteiger partial charge in [-0.1, -0.05) is 42.5 Å². The quantitative estimate of drug-likeness (QED) is 0.814. The van der Waals surface area contributed by atoms with Crippen molar-refractivity contribution >= 4 is 0 Å². The molecule has 98 valence electrons. The van der Waals surface area contributed by atoms with Gasteiger partial charge in [0.15, 0.2) is 0 Å². The van der Waals surface area contributed by atoms with Gasteiger partial charge < -0.3 is 9.64 Å². The van der Waals surface area contributed by atoms with E-state index < -0.39 is 0 Å². The number of methoxy groups -OCH3 is 1. The fourth-order valence-electron chi connectivity index (χ4n) is 3.02. The lowest BCUT2D eigenvalue weighted by molar-refractivity contribution is 0.288. The van der Waals surface area contributed by atoms with E-state index in [1.54, 1.807) is 7.11 Å². The number of hydrogen-bond acceptors (Lipinski definition) is 2. The van der Waals surface area contributed by atoms with Crippen molar-refractivity contribution in [3.63, 3.8) is 0 Å². The summed E-state index contributed by atoms with van der Waals surface area (Å²) in [5, 5.41) is 0.